The average molecular weight is 342 g/mol. The van der Waals surface area contributed by atoms with Crippen molar-refractivity contribution in [3.63, 3.8) is 0 Å². The Bertz CT molecular complexity index is 682. The fourth-order valence-electron chi connectivity index (χ4n) is 1.83. The number of nitrogens with one attached hydrogen (secondary N) is 2. The third-order valence-corrected chi connectivity index (χ3v) is 4.87. The first-order valence-corrected chi connectivity index (χ1v) is 8.48. The highest BCUT2D eigenvalue weighted by Crippen LogP contribution is 2.22. The average Bonchev–Trinajstić information content (AvgIpc) is 3.30. The Morgan fingerprint density at radius 1 is 1.30 bits per heavy atom. The fraction of sp³-hybridized carbons (Fsp3) is 0.429. The van der Waals surface area contributed by atoms with E-state index < -0.39 is 28.0 Å². The van der Waals surface area contributed by atoms with Gasteiger partial charge < -0.3 is 15.2 Å². The Morgan fingerprint density at radius 2 is 1.91 bits per heavy atom. The molecule has 2 rings (SSSR count). The van der Waals surface area contributed by atoms with Crippen LogP contribution in [0.3, 0.4) is 0 Å². The molecule has 1 unspecified atom stereocenters. The van der Waals surface area contributed by atoms with Gasteiger partial charge in [0.25, 0.3) is 5.91 Å². The number of benzene rings is 1. The minimum absolute atomic E-state index is 0.00460. The molecule has 0 spiro atoms. The van der Waals surface area contributed by atoms with Crippen LogP contribution in [0.5, 0.6) is 0 Å². The minimum atomic E-state index is -3.56. The van der Waals surface area contributed by atoms with E-state index >= 15 is 0 Å². The third-order valence-electron chi connectivity index (χ3n) is 3.33. The Balaban J connectivity index is 1.98. The first kappa shape index (κ1) is 17.4. The number of amides is 1. The number of carbonyl (C=O) groups is 2. The number of rotatable bonds is 8. The molecule has 0 radical (unpaired) electrons. The van der Waals surface area contributed by atoms with Gasteiger partial charge in [0.05, 0.1) is 11.4 Å². The summed E-state index contributed by atoms with van der Waals surface area (Å²) < 4.78 is 31.2. The van der Waals surface area contributed by atoms with Crippen LogP contribution in [-0.2, 0) is 19.6 Å². The van der Waals surface area contributed by atoms with Crippen molar-refractivity contribution in [3.8, 4) is 0 Å². The fourth-order valence-corrected chi connectivity index (χ4v) is 3.14. The number of carbonyl (C=O) groups excluding carboxylic acids is 1. The summed E-state index contributed by atoms with van der Waals surface area (Å²) in [7, 11) is -2.33. The van der Waals surface area contributed by atoms with Gasteiger partial charge in [-0.25, -0.2) is 17.9 Å². The molecule has 1 aliphatic carbocycles. The number of methoxy groups -OCH3 is 1. The van der Waals surface area contributed by atoms with Gasteiger partial charge in [0.15, 0.2) is 6.10 Å². The molecule has 126 valence electrons. The molecule has 0 aliphatic heterocycles. The van der Waals surface area contributed by atoms with Gasteiger partial charge in [-0.15, -0.1) is 0 Å². The SMILES string of the molecule is COC(CNC(=O)c1ccc(S(=O)(=O)NC2CC2)cc1)C(=O)O. The van der Waals surface area contributed by atoms with Gasteiger partial charge in [0.1, 0.15) is 0 Å². The Labute approximate surface area is 133 Å². The van der Waals surface area contributed by atoms with Gasteiger partial charge in [0.2, 0.25) is 10.0 Å². The number of carboxylic acid groups (broad SMARTS) is 1. The first-order chi connectivity index (χ1) is 10.8. The second-order valence-corrected chi connectivity index (χ2v) is 6.91. The molecule has 0 saturated heterocycles. The van der Waals surface area contributed by atoms with Gasteiger partial charge in [-0.05, 0) is 37.1 Å². The highest BCUT2D eigenvalue weighted by atomic mass is 32.2. The third kappa shape index (κ3) is 4.75. The monoisotopic (exact) mass is 342 g/mol. The Hall–Kier alpha value is -1.97. The molecule has 0 heterocycles. The molecule has 9 heteroatoms. The van der Waals surface area contributed by atoms with E-state index in [4.69, 9.17) is 9.84 Å². The highest BCUT2D eigenvalue weighted by molar-refractivity contribution is 7.89. The van der Waals surface area contributed by atoms with E-state index in [1.165, 1.54) is 31.4 Å². The Kier molecular flexibility index (Phi) is 5.34. The molecule has 23 heavy (non-hydrogen) atoms. The van der Waals surface area contributed by atoms with Crippen molar-refractivity contribution in [3.05, 3.63) is 29.8 Å². The van der Waals surface area contributed by atoms with Crippen molar-refractivity contribution in [2.24, 2.45) is 0 Å². The molecule has 1 aromatic carbocycles. The quantitative estimate of drug-likeness (QED) is 0.609. The molecule has 1 aromatic rings. The van der Waals surface area contributed by atoms with Gasteiger partial charge in [0, 0.05) is 18.7 Å². The molecular formula is C14H18N2O6S. The van der Waals surface area contributed by atoms with E-state index in [1.807, 2.05) is 0 Å². The van der Waals surface area contributed by atoms with Crippen molar-refractivity contribution in [2.45, 2.75) is 29.9 Å². The molecule has 0 bridgehead atoms. The van der Waals surface area contributed by atoms with Crippen LogP contribution < -0.4 is 10.0 Å². The van der Waals surface area contributed by atoms with E-state index in [0.717, 1.165) is 12.8 Å². The van der Waals surface area contributed by atoms with Crippen molar-refractivity contribution < 1.29 is 27.9 Å². The molecule has 1 fully saturated rings. The predicted molar refractivity (Wildman–Crippen MR) is 80.6 cm³/mol. The number of ether oxygens (including phenoxy) is 1. The summed E-state index contributed by atoms with van der Waals surface area (Å²) in [6.45, 7) is -0.187. The zero-order valence-corrected chi connectivity index (χ0v) is 13.3. The molecule has 0 aromatic heterocycles. The molecule has 8 nitrogen and oxygen atoms in total. The molecule has 3 N–H and O–H groups in total. The van der Waals surface area contributed by atoms with E-state index in [2.05, 4.69) is 10.0 Å². The van der Waals surface area contributed by atoms with Crippen molar-refractivity contribution >= 4 is 21.9 Å². The topological polar surface area (TPSA) is 122 Å². The largest absolute Gasteiger partial charge is 0.479 e. The van der Waals surface area contributed by atoms with Crippen LogP contribution in [0.1, 0.15) is 23.2 Å². The van der Waals surface area contributed by atoms with Crippen LogP contribution in [0.4, 0.5) is 0 Å². The van der Waals surface area contributed by atoms with Crippen molar-refractivity contribution in [1.29, 1.82) is 0 Å². The van der Waals surface area contributed by atoms with Crippen LogP contribution >= 0.6 is 0 Å². The smallest absolute Gasteiger partial charge is 0.334 e. The van der Waals surface area contributed by atoms with Crippen molar-refractivity contribution in [2.75, 3.05) is 13.7 Å². The maximum atomic E-state index is 12.0. The standard InChI is InChI=1S/C14H18N2O6S/c1-22-12(14(18)19)8-15-13(17)9-2-6-11(7-3-9)23(20,21)16-10-4-5-10/h2-3,6-7,10,12,16H,4-5,8H2,1H3,(H,15,17)(H,18,19). The number of aliphatic carboxylic acids is 1. The van der Waals surface area contributed by atoms with Gasteiger partial charge in [-0.3, -0.25) is 4.79 Å². The summed E-state index contributed by atoms with van der Waals surface area (Å²) in [5, 5.41) is 11.2. The van der Waals surface area contributed by atoms with Crippen LogP contribution in [0.15, 0.2) is 29.2 Å². The zero-order valence-electron chi connectivity index (χ0n) is 12.5. The highest BCUT2D eigenvalue weighted by Gasteiger charge is 2.28. The lowest BCUT2D eigenvalue weighted by molar-refractivity contribution is -0.148. The number of sulfonamides is 1. The molecule has 1 atom stereocenters. The number of carboxylic acids is 1. The van der Waals surface area contributed by atoms with Crippen LogP contribution in [0, 0.1) is 0 Å². The number of hydrogen-bond donors (Lipinski definition) is 3. The first-order valence-electron chi connectivity index (χ1n) is 6.99. The summed E-state index contributed by atoms with van der Waals surface area (Å²) in [4.78, 5) is 22.8. The summed E-state index contributed by atoms with van der Waals surface area (Å²) in [5.74, 6) is -1.69. The lowest BCUT2D eigenvalue weighted by Crippen LogP contribution is -2.37. The van der Waals surface area contributed by atoms with E-state index in [1.54, 1.807) is 0 Å². The summed E-state index contributed by atoms with van der Waals surface area (Å²) >= 11 is 0. The van der Waals surface area contributed by atoms with E-state index in [0.29, 0.717) is 0 Å². The predicted octanol–water partition coefficient (Wildman–Crippen LogP) is -0.0433. The van der Waals surface area contributed by atoms with E-state index in [-0.39, 0.29) is 23.0 Å². The van der Waals surface area contributed by atoms with Gasteiger partial charge in [-0.1, -0.05) is 0 Å². The normalized spacial score (nSPS) is 15.9. The maximum Gasteiger partial charge on any atom is 0.334 e. The summed E-state index contributed by atoms with van der Waals surface area (Å²) in [5.41, 5.74) is 0.232. The van der Waals surface area contributed by atoms with Crippen LogP contribution in [-0.4, -0.2) is 51.2 Å². The molecular weight excluding hydrogens is 324 g/mol. The maximum absolute atomic E-state index is 12.0. The summed E-state index contributed by atoms with van der Waals surface area (Å²) in [6.07, 6.45) is 0.537. The summed E-state index contributed by atoms with van der Waals surface area (Å²) in [6, 6.07) is 5.43. The van der Waals surface area contributed by atoms with Crippen LogP contribution in [0.2, 0.25) is 0 Å². The molecule has 1 saturated carbocycles. The van der Waals surface area contributed by atoms with E-state index in [9.17, 15) is 18.0 Å². The molecule has 1 aliphatic rings. The van der Waals surface area contributed by atoms with Gasteiger partial charge >= 0.3 is 5.97 Å². The second kappa shape index (κ2) is 7.07. The second-order valence-electron chi connectivity index (χ2n) is 5.19. The van der Waals surface area contributed by atoms with Crippen molar-refractivity contribution in [1.82, 2.24) is 10.0 Å². The number of hydrogen-bond acceptors (Lipinski definition) is 5. The minimum Gasteiger partial charge on any atom is -0.479 e. The zero-order chi connectivity index (χ0) is 17.0. The lowest BCUT2D eigenvalue weighted by atomic mass is 10.2. The lowest BCUT2D eigenvalue weighted by Gasteiger charge is -2.12. The Morgan fingerprint density at radius 3 is 2.39 bits per heavy atom. The molecule has 1 amide bonds. The van der Waals surface area contributed by atoms with Crippen LogP contribution in [0.25, 0.3) is 0 Å². The van der Waals surface area contributed by atoms with Gasteiger partial charge in [-0.2, -0.15) is 0 Å².